The number of sulfonamides is 1. The first-order chi connectivity index (χ1) is 31.4. The monoisotopic (exact) mass is 926 g/mol. The normalized spacial score (nSPS) is 31.8. The summed E-state index contributed by atoms with van der Waals surface area (Å²) >= 11 is 0. The first-order valence-corrected chi connectivity index (χ1v) is 25.0. The maximum absolute atomic E-state index is 15.2. The molecule has 2 aliphatic heterocycles. The van der Waals surface area contributed by atoms with Gasteiger partial charge in [-0.15, -0.1) is 0 Å². The molecule has 66 heavy (non-hydrogen) atoms. The van der Waals surface area contributed by atoms with Crippen LogP contribution in [0.15, 0.2) is 54.7 Å². The van der Waals surface area contributed by atoms with Crippen LogP contribution in [0.5, 0.6) is 17.5 Å². The number of carbonyl (C=O) groups is 4. The Labute approximate surface area is 386 Å². The first-order valence-electron chi connectivity index (χ1n) is 23.6. The van der Waals surface area contributed by atoms with Crippen molar-refractivity contribution in [3.8, 4) is 28.8 Å². The summed E-state index contributed by atoms with van der Waals surface area (Å²) in [5, 5.41) is 7.31. The molecule has 17 heteroatoms. The minimum Gasteiger partial charge on any atom is -0.497 e. The van der Waals surface area contributed by atoms with Crippen LogP contribution >= 0.6 is 0 Å². The van der Waals surface area contributed by atoms with Crippen LogP contribution in [-0.4, -0.2) is 101 Å². The average molecular weight is 927 g/mol. The zero-order chi connectivity index (χ0) is 46.7. The van der Waals surface area contributed by atoms with E-state index in [2.05, 4.69) is 27.3 Å². The van der Waals surface area contributed by atoms with Crippen LogP contribution in [0.25, 0.3) is 22.0 Å². The molecule has 3 aromatic rings. The average Bonchev–Trinajstić information content (AvgIpc) is 4.23. The minimum atomic E-state index is -4.03. The summed E-state index contributed by atoms with van der Waals surface area (Å²) in [5.41, 5.74) is -0.309. The number of pyridine rings is 2. The number of alkyl carbamates (subject to hydrolysis) is 1. The number of fused-ring (bicyclic) bond motifs is 4. The Kier molecular flexibility index (Phi) is 12.2. The van der Waals surface area contributed by atoms with E-state index in [1.54, 1.807) is 32.4 Å². The number of benzene rings is 1. The van der Waals surface area contributed by atoms with Gasteiger partial charge in [0.2, 0.25) is 33.6 Å². The van der Waals surface area contributed by atoms with E-state index in [4.69, 9.17) is 23.9 Å². The Morgan fingerprint density at radius 2 is 1.76 bits per heavy atom. The highest BCUT2D eigenvalue weighted by molar-refractivity contribution is 7.91. The van der Waals surface area contributed by atoms with Crippen molar-refractivity contribution in [1.82, 2.24) is 30.2 Å². The molecular formula is C49H62N6O10S. The van der Waals surface area contributed by atoms with E-state index < -0.39 is 68.2 Å². The number of ether oxygens (including phenoxy) is 4. The maximum Gasteiger partial charge on any atom is 0.408 e. The van der Waals surface area contributed by atoms with E-state index in [1.807, 2.05) is 57.2 Å². The second-order valence-electron chi connectivity index (χ2n) is 20.3. The van der Waals surface area contributed by atoms with Crippen LogP contribution in [-0.2, 0) is 29.1 Å². The SMILES string of the molecule is COc1ccc2c(OC3C[C@H]4C(=O)N[C@]5(C(=O)NS(=O)(=O)C6(C)CC6)CC5/C=C\CC[C@@H](C)C[C@@H](C)[C@H](NC(=O)O[C@@H]5C[C@@H]6C[C@@H]6C5)C(=O)N4C3)nc(-c3ccc(OC(C)C)nc3)cc2c1. The van der Waals surface area contributed by atoms with Gasteiger partial charge in [0, 0.05) is 35.6 Å². The number of carbonyl (C=O) groups excluding carboxylic acids is 4. The molecule has 0 bridgehead atoms. The van der Waals surface area contributed by atoms with Gasteiger partial charge >= 0.3 is 6.09 Å². The fraction of sp³-hybridized carbons (Fsp3) is 0.592. The Hall–Kier alpha value is -5.45. The summed E-state index contributed by atoms with van der Waals surface area (Å²) in [7, 11) is -2.45. The van der Waals surface area contributed by atoms with E-state index in [9.17, 15) is 22.8 Å². The Morgan fingerprint density at radius 1 is 0.985 bits per heavy atom. The zero-order valence-corrected chi connectivity index (χ0v) is 39.4. The van der Waals surface area contributed by atoms with Gasteiger partial charge in [-0.1, -0.05) is 26.0 Å². The molecule has 4 aliphatic carbocycles. The molecule has 6 aliphatic rings. The molecule has 10 atom stereocenters. The van der Waals surface area contributed by atoms with Gasteiger partial charge in [0.25, 0.3) is 5.91 Å². The number of aromatic nitrogens is 2. The van der Waals surface area contributed by atoms with E-state index >= 15 is 4.79 Å². The molecule has 0 radical (unpaired) electrons. The predicted octanol–water partition coefficient (Wildman–Crippen LogP) is 6.22. The number of amides is 4. The van der Waals surface area contributed by atoms with Crippen molar-refractivity contribution >= 4 is 44.6 Å². The minimum absolute atomic E-state index is 0.00526. The molecule has 2 unspecified atom stereocenters. The van der Waals surface area contributed by atoms with Gasteiger partial charge in [0.1, 0.15) is 35.6 Å². The number of hydrogen-bond donors (Lipinski definition) is 3. The Bertz CT molecular complexity index is 2520. The highest BCUT2D eigenvalue weighted by Gasteiger charge is 2.63. The first kappa shape index (κ1) is 45.7. The van der Waals surface area contributed by atoms with Crippen LogP contribution in [0.1, 0.15) is 98.8 Å². The second-order valence-corrected chi connectivity index (χ2v) is 22.5. The van der Waals surface area contributed by atoms with E-state index in [-0.39, 0.29) is 49.3 Å². The topological polar surface area (TPSA) is 204 Å². The van der Waals surface area contributed by atoms with Crippen molar-refractivity contribution in [3.05, 3.63) is 54.7 Å². The van der Waals surface area contributed by atoms with Crippen LogP contribution in [0.3, 0.4) is 0 Å². The molecule has 1 aromatic carbocycles. The highest BCUT2D eigenvalue weighted by atomic mass is 32.2. The quantitative estimate of drug-likeness (QED) is 0.184. The smallest absolute Gasteiger partial charge is 0.408 e. The summed E-state index contributed by atoms with van der Waals surface area (Å²) in [6.07, 6.45) is 9.68. The van der Waals surface area contributed by atoms with Gasteiger partial charge < -0.3 is 34.5 Å². The Morgan fingerprint density at radius 3 is 2.45 bits per heavy atom. The van der Waals surface area contributed by atoms with Crippen LogP contribution in [0.2, 0.25) is 0 Å². The molecular weight excluding hydrogens is 865 g/mol. The zero-order valence-electron chi connectivity index (χ0n) is 38.6. The number of hydrogen-bond acceptors (Lipinski definition) is 12. The van der Waals surface area contributed by atoms with Crippen molar-refractivity contribution in [2.24, 2.45) is 29.6 Å². The summed E-state index contributed by atoms with van der Waals surface area (Å²) < 4.78 is 52.0. The number of nitrogens with one attached hydrogen (secondary N) is 3. The lowest BCUT2D eigenvalue weighted by Crippen LogP contribution is -2.59. The largest absolute Gasteiger partial charge is 0.497 e. The van der Waals surface area contributed by atoms with E-state index in [0.717, 1.165) is 31.1 Å². The lowest BCUT2D eigenvalue weighted by Gasteiger charge is -2.33. The molecule has 2 aromatic heterocycles. The Balaban J connectivity index is 1.05. The summed E-state index contributed by atoms with van der Waals surface area (Å²) in [4.78, 5) is 68.7. The van der Waals surface area contributed by atoms with E-state index in [1.165, 1.54) is 4.90 Å². The number of methoxy groups -OCH3 is 1. The molecule has 354 valence electrons. The predicted molar refractivity (Wildman–Crippen MR) is 245 cm³/mol. The van der Waals surface area contributed by atoms with Gasteiger partial charge in [-0.05, 0) is 138 Å². The lowest BCUT2D eigenvalue weighted by molar-refractivity contribution is -0.142. The van der Waals surface area contributed by atoms with E-state index in [0.29, 0.717) is 65.8 Å². The third-order valence-corrected chi connectivity index (χ3v) is 16.8. The molecule has 4 saturated carbocycles. The summed E-state index contributed by atoms with van der Waals surface area (Å²) in [5.74, 6) is -0.0862. The molecule has 16 nitrogen and oxygen atoms in total. The van der Waals surface area contributed by atoms with Crippen LogP contribution in [0.4, 0.5) is 4.79 Å². The van der Waals surface area contributed by atoms with Gasteiger partial charge in [0.05, 0.1) is 30.2 Å². The summed E-state index contributed by atoms with van der Waals surface area (Å²) in [6.45, 7) is 9.42. The fourth-order valence-electron chi connectivity index (χ4n) is 10.2. The van der Waals surface area contributed by atoms with Crippen LogP contribution < -0.4 is 29.6 Å². The van der Waals surface area contributed by atoms with Crippen molar-refractivity contribution in [3.63, 3.8) is 0 Å². The highest BCUT2D eigenvalue weighted by Crippen LogP contribution is 2.53. The van der Waals surface area contributed by atoms with Crippen molar-refractivity contribution in [2.45, 2.75) is 140 Å². The molecule has 4 amide bonds. The standard InChI is InChI=1S/C49H62N6O10S/c1-27(2)63-41-14-11-30(25-50-41)39-22-33-21-35(62-6)12-13-38(33)44(51-39)64-37-23-40-43(56)53-49(46(58)54-66(60,61)48(5)15-16-48)24-34(49)10-8-7-9-28(3)17-29(4)42(45(57)55(40)26-37)52-47(59)65-36-19-31-18-32(31)20-36/h8,10-14,21-22,25,27-29,31-32,34,36-37,40,42H,7,9,15-20,23-24,26H2,1-6H3,(H,52,59)(H,53,56)(H,54,58)/b10-8-/t28-,29-,31-,32+,34?,36+,37?,40+,42+,49-/m1/s1. The van der Waals surface area contributed by atoms with Gasteiger partial charge in [0.15, 0.2) is 0 Å². The number of allylic oxidation sites excluding steroid dienone is 1. The lowest BCUT2D eigenvalue weighted by atomic mass is 9.88. The third-order valence-electron chi connectivity index (χ3n) is 14.7. The number of rotatable bonds is 11. The molecule has 4 heterocycles. The molecule has 9 rings (SSSR count). The van der Waals surface area contributed by atoms with Crippen LogP contribution in [0, 0.1) is 29.6 Å². The fourth-order valence-corrected chi connectivity index (χ4v) is 11.5. The molecule has 0 spiro atoms. The maximum atomic E-state index is 15.2. The number of nitrogens with zero attached hydrogens (tertiary/aromatic N) is 3. The van der Waals surface area contributed by atoms with Gasteiger partial charge in [-0.2, -0.15) is 0 Å². The molecule has 3 N–H and O–H groups in total. The van der Waals surface area contributed by atoms with Crippen molar-refractivity contribution < 1.29 is 46.5 Å². The molecule has 5 fully saturated rings. The second kappa shape index (κ2) is 17.6. The summed E-state index contributed by atoms with van der Waals surface area (Å²) in [6, 6.07) is 8.82. The van der Waals surface area contributed by atoms with Crippen molar-refractivity contribution in [2.75, 3.05) is 13.7 Å². The van der Waals surface area contributed by atoms with Gasteiger partial charge in [-0.25, -0.2) is 23.2 Å². The molecule has 1 saturated heterocycles. The van der Waals surface area contributed by atoms with Gasteiger partial charge in [-0.3, -0.25) is 19.1 Å². The third kappa shape index (κ3) is 9.41. The van der Waals surface area contributed by atoms with Crippen molar-refractivity contribution in [1.29, 1.82) is 0 Å².